The molecule has 1 atom stereocenters. The van der Waals surface area contributed by atoms with Crippen LogP contribution in [0.5, 0.6) is 0 Å². The highest BCUT2D eigenvalue weighted by atomic mass is 32.2. The zero-order valence-corrected chi connectivity index (χ0v) is 10.5. The smallest absolute Gasteiger partial charge is 0.149 e. The average molecular weight is 230 g/mol. The van der Waals surface area contributed by atoms with E-state index in [9.17, 15) is 0 Å². The van der Waals surface area contributed by atoms with Crippen LogP contribution in [0.4, 0.5) is 0 Å². The van der Waals surface area contributed by atoms with Crippen molar-refractivity contribution < 1.29 is 0 Å². The zero-order chi connectivity index (χ0) is 10.2. The lowest BCUT2D eigenvalue weighted by Crippen LogP contribution is -2.30. The Morgan fingerprint density at radius 1 is 1.57 bits per heavy atom. The quantitative estimate of drug-likeness (QED) is 0.729. The highest BCUT2D eigenvalue weighted by Gasteiger charge is 2.07. The Morgan fingerprint density at radius 2 is 2.43 bits per heavy atom. The van der Waals surface area contributed by atoms with Crippen molar-refractivity contribution in [1.82, 2.24) is 10.3 Å². The van der Waals surface area contributed by atoms with Crippen LogP contribution in [0.1, 0.15) is 26.7 Å². The fraction of sp³-hybridized carbons (Fsp3) is 0.700. The largest absolute Gasteiger partial charge is 0.313 e. The van der Waals surface area contributed by atoms with Crippen LogP contribution in [-0.2, 0) is 0 Å². The second-order valence-corrected chi connectivity index (χ2v) is 5.31. The molecule has 0 aliphatic carbocycles. The van der Waals surface area contributed by atoms with Gasteiger partial charge in [-0.25, -0.2) is 4.98 Å². The summed E-state index contributed by atoms with van der Waals surface area (Å²) in [7, 11) is 0. The average Bonchev–Trinajstić information content (AvgIpc) is 2.67. The van der Waals surface area contributed by atoms with Crippen molar-refractivity contribution in [2.75, 3.05) is 12.3 Å². The number of nitrogens with one attached hydrogen (secondary N) is 1. The number of hydrogen-bond acceptors (Lipinski definition) is 4. The molecule has 2 nitrogen and oxygen atoms in total. The van der Waals surface area contributed by atoms with Crippen LogP contribution in [0.25, 0.3) is 0 Å². The van der Waals surface area contributed by atoms with Gasteiger partial charge in [0.15, 0.2) is 0 Å². The number of thiazole rings is 1. The first-order valence-corrected chi connectivity index (χ1v) is 6.99. The molecule has 0 spiro atoms. The third-order valence-electron chi connectivity index (χ3n) is 1.95. The topological polar surface area (TPSA) is 24.9 Å². The second-order valence-electron chi connectivity index (χ2n) is 3.15. The van der Waals surface area contributed by atoms with Gasteiger partial charge in [0.1, 0.15) is 4.34 Å². The third kappa shape index (κ3) is 4.44. The summed E-state index contributed by atoms with van der Waals surface area (Å²) in [5, 5.41) is 5.53. The highest BCUT2D eigenvalue weighted by Crippen LogP contribution is 2.21. The van der Waals surface area contributed by atoms with Gasteiger partial charge in [-0.1, -0.05) is 32.0 Å². The first-order valence-electron chi connectivity index (χ1n) is 5.12. The Labute approximate surface area is 94.5 Å². The normalized spacial score (nSPS) is 13.0. The summed E-state index contributed by atoms with van der Waals surface area (Å²) >= 11 is 3.59. The van der Waals surface area contributed by atoms with E-state index in [1.165, 1.54) is 17.2 Å². The fourth-order valence-electron chi connectivity index (χ4n) is 1.33. The molecule has 0 aliphatic heterocycles. The molecule has 1 aromatic heterocycles. The van der Waals surface area contributed by atoms with Gasteiger partial charge in [-0.05, 0) is 13.0 Å². The Bertz CT molecular complexity index is 218. The molecule has 0 saturated heterocycles. The van der Waals surface area contributed by atoms with E-state index in [0.29, 0.717) is 6.04 Å². The van der Waals surface area contributed by atoms with E-state index in [1.54, 1.807) is 11.3 Å². The molecule has 0 amide bonds. The van der Waals surface area contributed by atoms with Crippen LogP contribution in [0, 0.1) is 0 Å². The third-order valence-corrected chi connectivity index (χ3v) is 4.08. The Kier molecular flexibility index (Phi) is 6.23. The molecule has 1 heterocycles. The van der Waals surface area contributed by atoms with Crippen molar-refractivity contribution in [1.29, 1.82) is 0 Å². The van der Waals surface area contributed by atoms with Crippen molar-refractivity contribution >= 4 is 23.1 Å². The molecule has 0 bridgehead atoms. The van der Waals surface area contributed by atoms with Crippen molar-refractivity contribution in [3.05, 3.63) is 11.6 Å². The van der Waals surface area contributed by atoms with E-state index in [0.717, 1.165) is 12.3 Å². The number of aromatic nitrogens is 1. The molecular formula is C10H18N2S2. The first-order chi connectivity index (χ1) is 6.86. The molecule has 0 aromatic carbocycles. The minimum Gasteiger partial charge on any atom is -0.313 e. The summed E-state index contributed by atoms with van der Waals surface area (Å²) in [6, 6.07) is 0.638. The molecule has 4 heteroatoms. The fourth-order valence-corrected chi connectivity index (χ4v) is 3.10. The lowest BCUT2D eigenvalue weighted by atomic mass is 10.2. The van der Waals surface area contributed by atoms with Gasteiger partial charge in [-0.3, -0.25) is 0 Å². The van der Waals surface area contributed by atoms with Gasteiger partial charge in [0.25, 0.3) is 0 Å². The van der Waals surface area contributed by atoms with E-state index in [1.807, 2.05) is 23.3 Å². The predicted octanol–water partition coefficient (Wildman–Crippen LogP) is 3.01. The first kappa shape index (κ1) is 12.0. The Hall–Kier alpha value is -0.0600. The van der Waals surface area contributed by atoms with Crippen LogP contribution in [0.2, 0.25) is 0 Å². The van der Waals surface area contributed by atoms with Gasteiger partial charge < -0.3 is 5.32 Å². The molecule has 0 saturated carbocycles. The van der Waals surface area contributed by atoms with Gasteiger partial charge in [-0.2, -0.15) is 0 Å². The SMILES string of the molecule is CCCC(CSc1nccs1)NCC. The minimum atomic E-state index is 0.638. The van der Waals surface area contributed by atoms with E-state index in [-0.39, 0.29) is 0 Å². The van der Waals surface area contributed by atoms with E-state index in [4.69, 9.17) is 0 Å². The summed E-state index contributed by atoms with van der Waals surface area (Å²) in [5.41, 5.74) is 0. The summed E-state index contributed by atoms with van der Waals surface area (Å²) in [5.74, 6) is 1.13. The van der Waals surface area contributed by atoms with Gasteiger partial charge in [0.2, 0.25) is 0 Å². The molecule has 14 heavy (non-hydrogen) atoms. The maximum Gasteiger partial charge on any atom is 0.149 e. The second kappa shape index (κ2) is 7.26. The predicted molar refractivity (Wildman–Crippen MR) is 65.2 cm³/mol. The number of thioether (sulfide) groups is 1. The zero-order valence-electron chi connectivity index (χ0n) is 8.82. The van der Waals surface area contributed by atoms with Crippen LogP contribution in [0.15, 0.2) is 15.9 Å². The molecule has 1 aromatic rings. The maximum atomic E-state index is 4.26. The molecule has 1 rings (SSSR count). The van der Waals surface area contributed by atoms with Gasteiger partial charge in [-0.15, -0.1) is 11.3 Å². The number of hydrogen-bond donors (Lipinski definition) is 1. The lowest BCUT2D eigenvalue weighted by molar-refractivity contribution is 0.531. The minimum absolute atomic E-state index is 0.638. The standard InChI is InChI=1S/C10H18N2S2/c1-3-5-9(11-4-2)8-14-10-12-6-7-13-10/h6-7,9,11H,3-5,8H2,1-2H3. The molecular weight excluding hydrogens is 212 g/mol. The van der Waals surface area contributed by atoms with Crippen molar-refractivity contribution in [2.24, 2.45) is 0 Å². The van der Waals surface area contributed by atoms with Crippen LogP contribution < -0.4 is 5.32 Å². The van der Waals surface area contributed by atoms with E-state index in [2.05, 4.69) is 24.1 Å². The molecule has 0 aliphatic rings. The van der Waals surface area contributed by atoms with Crippen molar-refractivity contribution in [3.8, 4) is 0 Å². The summed E-state index contributed by atoms with van der Waals surface area (Å²) in [6.45, 7) is 5.46. The number of rotatable bonds is 7. The molecule has 0 fully saturated rings. The van der Waals surface area contributed by atoms with E-state index >= 15 is 0 Å². The van der Waals surface area contributed by atoms with Gasteiger partial charge >= 0.3 is 0 Å². The van der Waals surface area contributed by atoms with Crippen molar-refractivity contribution in [3.63, 3.8) is 0 Å². The molecule has 80 valence electrons. The summed E-state index contributed by atoms with van der Waals surface area (Å²) in [6.07, 6.45) is 4.37. The van der Waals surface area contributed by atoms with Crippen LogP contribution in [-0.4, -0.2) is 23.3 Å². The Balaban J connectivity index is 2.25. The number of nitrogens with zero attached hydrogens (tertiary/aromatic N) is 1. The molecule has 1 N–H and O–H groups in total. The molecule has 0 radical (unpaired) electrons. The van der Waals surface area contributed by atoms with Crippen LogP contribution >= 0.6 is 23.1 Å². The van der Waals surface area contributed by atoms with E-state index < -0.39 is 0 Å². The van der Waals surface area contributed by atoms with Gasteiger partial charge in [0.05, 0.1) is 0 Å². The summed E-state index contributed by atoms with van der Waals surface area (Å²) < 4.78 is 1.18. The highest BCUT2D eigenvalue weighted by molar-refractivity contribution is 8.01. The monoisotopic (exact) mass is 230 g/mol. The maximum absolute atomic E-state index is 4.26. The molecule has 1 unspecified atom stereocenters. The summed E-state index contributed by atoms with van der Waals surface area (Å²) in [4.78, 5) is 4.26. The Morgan fingerprint density at radius 3 is 3.00 bits per heavy atom. The van der Waals surface area contributed by atoms with Crippen LogP contribution in [0.3, 0.4) is 0 Å². The van der Waals surface area contributed by atoms with Crippen molar-refractivity contribution in [2.45, 2.75) is 37.1 Å². The lowest BCUT2D eigenvalue weighted by Gasteiger charge is -2.15. The van der Waals surface area contributed by atoms with Gasteiger partial charge in [0, 0.05) is 23.4 Å².